The highest BCUT2D eigenvalue weighted by atomic mass is 32.1. The predicted molar refractivity (Wildman–Crippen MR) is 241 cm³/mol. The van der Waals surface area contributed by atoms with Crippen molar-refractivity contribution in [1.29, 1.82) is 0 Å². The van der Waals surface area contributed by atoms with Crippen molar-refractivity contribution in [3.8, 4) is 10.8 Å². The normalized spacial score (nSPS) is 20.8. The highest BCUT2D eigenvalue weighted by molar-refractivity contribution is 7.15. The lowest BCUT2D eigenvalue weighted by molar-refractivity contribution is 0.201. The number of halogens is 2. The Morgan fingerprint density at radius 3 is 2.28 bits per heavy atom. The molecule has 2 fully saturated rings. The zero-order chi connectivity index (χ0) is 41.9. The molecule has 8 nitrogen and oxygen atoms in total. The van der Waals surface area contributed by atoms with E-state index in [4.69, 9.17) is 4.99 Å². The summed E-state index contributed by atoms with van der Waals surface area (Å²) < 4.78 is 34.7. The molecule has 0 saturated carbocycles. The fraction of sp³-hybridized carbons (Fsp3) is 0.380. The van der Waals surface area contributed by atoms with Crippen LogP contribution in [0.25, 0.3) is 5.00 Å². The SMILES string of the molecule is Cc1sc2c(c1C)C(c1ccc(N3CCC(CN4CCN(c5cc(F)c([C@H]6c7ccc(O)cc7CC[C@H]6c6ccccc6)cc5F)CC4)CC3)cc1)=N[C@@H](C)c1nnc(C)n1-2. The van der Waals surface area contributed by atoms with Crippen molar-refractivity contribution in [2.75, 3.05) is 55.6 Å². The molecule has 0 radical (unpaired) electrons. The molecule has 3 aliphatic heterocycles. The van der Waals surface area contributed by atoms with E-state index in [1.54, 1.807) is 23.5 Å². The lowest BCUT2D eigenvalue weighted by atomic mass is 9.69. The lowest BCUT2D eigenvalue weighted by Gasteiger charge is -2.40. The van der Waals surface area contributed by atoms with E-state index in [0.29, 0.717) is 30.3 Å². The van der Waals surface area contributed by atoms with Crippen LogP contribution in [0.3, 0.4) is 0 Å². The topological polar surface area (TPSA) is 73.0 Å². The summed E-state index contributed by atoms with van der Waals surface area (Å²) in [6.45, 7) is 14.5. The zero-order valence-corrected chi connectivity index (χ0v) is 36.2. The fourth-order valence-corrected chi connectivity index (χ4v) is 11.7. The number of aromatic nitrogens is 3. The number of aromatic hydroxyl groups is 1. The molecule has 2 aromatic heterocycles. The molecule has 61 heavy (non-hydrogen) atoms. The van der Waals surface area contributed by atoms with Gasteiger partial charge in [-0.2, -0.15) is 0 Å². The maximum atomic E-state index is 16.4. The van der Waals surface area contributed by atoms with Crippen molar-refractivity contribution in [3.63, 3.8) is 0 Å². The molecule has 0 amide bonds. The van der Waals surface area contributed by atoms with Gasteiger partial charge in [-0.1, -0.05) is 48.5 Å². The highest BCUT2D eigenvalue weighted by Crippen LogP contribution is 2.48. The van der Waals surface area contributed by atoms with Crippen LogP contribution in [0.15, 0.2) is 89.9 Å². The molecule has 0 unspecified atom stereocenters. The van der Waals surface area contributed by atoms with Gasteiger partial charge in [-0.15, -0.1) is 21.5 Å². The Bertz CT molecular complexity index is 2600. The van der Waals surface area contributed by atoms with Crippen LogP contribution in [0.2, 0.25) is 0 Å². The third-order valence-electron chi connectivity index (χ3n) is 13.9. The van der Waals surface area contributed by atoms with Crippen LogP contribution in [0, 0.1) is 38.3 Å². The molecule has 1 N–H and O–H groups in total. The molecule has 1 aliphatic carbocycles. The van der Waals surface area contributed by atoms with E-state index >= 15 is 8.78 Å². The van der Waals surface area contributed by atoms with Gasteiger partial charge in [0.1, 0.15) is 34.3 Å². The number of aliphatic imine (C=N–C) groups is 1. The zero-order valence-electron chi connectivity index (χ0n) is 35.4. The van der Waals surface area contributed by atoms with Crippen LogP contribution in [0.5, 0.6) is 5.75 Å². The first kappa shape index (κ1) is 39.7. The quantitative estimate of drug-likeness (QED) is 0.173. The first-order valence-corrected chi connectivity index (χ1v) is 22.7. The Morgan fingerprint density at radius 2 is 1.52 bits per heavy atom. The standard InChI is InChI=1S/C50H53F2N7OS/c1-30-32(3)61-50-46(30)48(53-31(2)49-55-54-33(4)59(49)50)36-10-13-38(14-11-36)57-20-18-34(19-21-57)29-56-22-24-58(25-23-56)45-28-43(51)42(27-44(45)52)47-40(35-8-6-5-7-9-35)16-12-37-26-39(60)15-17-41(37)47/h5-11,13-15,17,26-28,31,34,40,47,60H,12,16,18-25,29H2,1-4H3/t31-,40-,47+/m0/s1. The number of aryl methyl sites for hydroxylation is 3. The molecule has 11 heteroatoms. The van der Waals surface area contributed by atoms with Gasteiger partial charge in [-0.3, -0.25) is 14.5 Å². The number of fused-ring (bicyclic) bond motifs is 4. The number of phenolic OH excluding ortho intramolecular Hbond substituents is 1. The van der Waals surface area contributed by atoms with E-state index in [1.165, 1.54) is 33.8 Å². The van der Waals surface area contributed by atoms with Gasteiger partial charge in [-0.25, -0.2) is 8.78 Å². The Balaban J connectivity index is 0.768. The monoisotopic (exact) mass is 837 g/mol. The number of piperazine rings is 1. The molecule has 5 heterocycles. The van der Waals surface area contributed by atoms with Crippen LogP contribution in [-0.4, -0.2) is 76.3 Å². The Morgan fingerprint density at radius 1 is 0.770 bits per heavy atom. The smallest absolute Gasteiger partial charge is 0.162 e. The van der Waals surface area contributed by atoms with Gasteiger partial charge in [0.2, 0.25) is 0 Å². The number of hydrogen-bond donors (Lipinski definition) is 1. The van der Waals surface area contributed by atoms with Crippen molar-refractivity contribution in [3.05, 3.63) is 152 Å². The van der Waals surface area contributed by atoms with Crippen molar-refractivity contribution < 1.29 is 13.9 Å². The van der Waals surface area contributed by atoms with E-state index in [9.17, 15) is 5.11 Å². The maximum Gasteiger partial charge on any atom is 0.162 e. The molecular formula is C50H53F2N7OS. The minimum Gasteiger partial charge on any atom is -0.508 e. The van der Waals surface area contributed by atoms with Gasteiger partial charge in [0.15, 0.2) is 5.82 Å². The second-order valence-electron chi connectivity index (χ2n) is 17.6. The summed E-state index contributed by atoms with van der Waals surface area (Å²) in [5, 5.41) is 20.3. The average Bonchev–Trinajstić information content (AvgIpc) is 3.77. The van der Waals surface area contributed by atoms with Crippen molar-refractivity contribution >= 4 is 28.4 Å². The van der Waals surface area contributed by atoms with Gasteiger partial charge < -0.3 is 14.9 Å². The van der Waals surface area contributed by atoms with Gasteiger partial charge in [-0.05, 0) is 123 Å². The first-order chi connectivity index (χ1) is 29.6. The summed E-state index contributed by atoms with van der Waals surface area (Å²) in [4.78, 5) is 13.5. The number of piperidine rings is 1. The van der Waals surface area contributed by atoms with Crippen LogP contribution in [0.1, 0.15) is 99.5 Å². The van der Waals surface area contributed by atoms with Gasteiger partial charge in [0, 0.05) is 79.5 Å². The van der Waals surface area contributed by atoms with Gasteiger partial charge in [0.05, 0.1) is 11.4 Å². The molecule has 0 bridgehead atoms. The molecular weight excluding hydrogens is 785 g/mol. The van der Waals surface area contributed by atoms with Gasteiger partial charge in [0.25, 0.3) is 0 Å². The predicted octanol–water partition coefficient (Wildman–Crippen LogP) is 10.1. The Labute approximate surface area is 361 Å². The van der Waals surface area contributed by atoms with Crippen molar-refractivity contribution in [1.82, 2.24) is 19.7 Å². The lowest BCUT2D eigenvalue weighted by Crippen LogP contribution is -2.49. The largest absolute Gasteiger partial charge is 0.508 e. The van der Waals surface area contributed by atoms with E-state index in [2.05, 4.69) is 81.7 Å². The number of phenols is 1. The van der Waals surface area contributed by atoms with Crippen LogP contribution in [-0.2, 0) is 6.42 Å². The van der Waals surface area contributed by atoms with Crippen LogP contribution in [0.4, 0.5) is 20.2 Å². The van der Waals surface area contributed by atoms with Gasteiger partial charge >= 0.3 is 0 Å². The summed E-state index contributed by atoms with van der Waals surface area (Å²) in [6, 6.07) is 27.2. The third-order valence-corrected chi connectivity index (χ3v) is 15.1. The first-order valence-electron chi connectivity index (χ1n) is 21.9. The average molecular weight is 838 g/mol. The molecule has 0 spiro atoms. The summed E-state index contributed by atoms with van der Waals surface area (Å²) in [6.07, 6.45) is 3.81. The maximum absolute atomic E-state index is 16.4. The third kappa shape index (κ3) is 7.33. The van der Waals surface area contributed by atoms with Crippen LogP contribution < -0.4 is 9.80 Å². The number of benzene rings is 4. The number of rotatable bonds is 7. The highest BCUT2D eigenvalue weighted by Gasteiger charge is 2.36. The number of hydrogen-bond acceptors (Lipinski definition) is 8. The molecule has 10 rings (SSSR count). The molecule has 314 valence electrons. The summed E-state index contributed by atoms with van der Waals surface area (Å²) in [5.74, 6) is 1.48. The van der Waals surface area contributed by atoms with Crippen LogP contribution >= 0.6 is 11.3 Å². The van der Waals surface area contributed by atoms with Crippen molar-refractivity contribution in [2.24, 2.45) is 10.9 Å². The minimum atomic E-state index is -0.374. The number of anilines is 2. The second kappa shape index (κ2) is 16.1. The fourth-order valence-electron chi connectivity index (χ4n) is 10.5. The Kier molecular flexibility index (Phi) is 10.5. The van der Waals surface area contributed by atoms with E-state index in [-0.39, 0.29) is 35.3 Å². The Hall–Kier alpha value is -5.39. The summed E-state index contributed by atoms with van der Waals surface area (Å²) in [7, 11) is 0. The molecule has 6 aromatic rings. The van der Waals surface area contributed by atoms with E-state index in [0.717, 1.165) is 103 Å². The molecule has 4 aliphatic rings. The van der Waals surface area contributed by atoms with E-state index in [1.807, 2.05) is 36.1 Å². The molecule has 4 aromatic carbocycles. The van der Waals surface area contributed by atoms with Crippen molar-refractivity contribution in [2.45, 2.75) is 71.3 Å². The summed E-state index contributed by atoms with van der Waals surface area (Å²) >= 11 is 1.79. The number of thiophene rings is 1. The number of nitrogens with zero attached hydrogens (tertiary/aromatic N) is 7. The molecule has 2 saturated heterocycles. The minimum absolute atomic E-state index is 0.00399. The summed E-state index contributed by atoms with van der Waals surface area (Å²) in [5.41, 5.74) is 9.64. The molecule has 3 atom stereocenters. The van der Waals surface area contributed by atoms with E-state index < -0.39 is 0 Å². The second-order valence-corrected chi connectivity index (χ2v) is 18.8.